The zero-order chi connectivity index (χ0) is 6.32. The third-order valence-electron chi connectivity index (χ3n) is 3.04. The second kappa shape index (κ2) is 1.72. The average Bonchev–Trinajstić information content (AvgIpc) is 2.62. The Kier molecular flexibility index (Phi) is 1.10. The first-order chi connectivity index (χ1) is 4.37. The molecule has 0 amide bonds. The highest BCUT2D eigenvalue weighted by Gasteiger charge is 2.52. The van der Waals surface area contributed by atoms with Crippen LogP contribution in [-0.2, 0) is 0 Å². The van der Waals surface area contributed by atoms with Gasteiger partial charge in [-0.05, 0) is 19.3 Å². The fourth-order valence-electron chi connectivity index (χ4n) is 2.21. The lowest BCUT2D eigenvalue weighted by Crippen LogP contribution is -2.18. The van der Waals surface area contributed by atoms with Gasteiger partial charge in [-0.25, -0.2) is 0 Å². The number of nitrogens with one attached hydrogen (secondary N) is 1. The molecule has 2 fully saturated rings. The molecule has 2 aliphatic rings. The van der Waals surface area contributed by atoms with Crippen LogP contribution in [0, 0.1) is 0 Å². The van der Waals surface area contributed by atoms with Gasteiger partial charge in [-0.1, -0.05) is 19.8 Å². The summed E-state index contributed by atoms with van der Waals surface area (Å²) in [5, 5.41) is 3.59. The van der Waals surface area contributed by atoms with Crippen molar-refractivity contribution in [2.24, 2.45) is 0 Å². The highest BCUT2D eigenvalue weighted by Crippen LogP contribution is 2.42. The lowest BCUT2D eigenvalue weighted by molar-refractivity contribution is 0.442. The monoisotopic (exact) mass is 125 g/mol. The van der Waals surface area contributed by atoms with E-state index >= 15 is 0 Å². The van der Waals surface area contributed by atoms with Gasteiger partial charge in [0.2, 0.25) is 0 Å². The van der Waals surface area contributed by atoms with Crippen LogP contribution in [0.25, 0.3) is 0 Å². The maximum Gasteiger partial charge on any atom is 0.0335 e. The van der Waals surface area contributed by atoms with Crippen LogP contribution in [0.2, 0.25) is 0 Å². The molecule has 0 aromatic carbocycles. The van der Waals surface area contributed by atoms with Gasteiger partial charge in [0.1, 0.15) is 0 Å². The van der Waals surface area contributed by atoms with Gasteiger partial charge in [0.05, 0.1) is 0 Å². The van der Waals surface area contributed by atoms with Gasteiger partial charge in [-0.15, -0.1) is 0 Å². The Bertz CT molecular complexity index is 122. The van der Waals surface area contributed by atoms with E-state index < -0.39 is 0 Å². The molecular weight excluding hydrogens is 110 g/mol. The van der Waals surface area contributed by atoms with E-state index in [1.54, 1.807) is 0 Å². The molecule has 1 aliphatic heterocycles. The van der Waals surface area contributed by atoms with E-state index in [-0.39, 0.29) is 0 Å². The van der Waals surface area contributed by atoms with Crippen LogP contribution in [0.3, 0.4) is 0 Å². The topological polar surface area (TPSA) is 21.9 Å². The first kappa shape index (κ1) is 5.72. The van der Waals surface area contributed by atoms with Crippen molar-refractivity contribution in [3.05, 3.63) is 0 Å². The first-order valence-corrected chi connectivity index (χ1v) is 4.15. The van der Waals surface area contributed by atoms with Crippen LogP contribution in [0.1, 0.15) is 39.0 Å². The highest BCUT2D eigenvalue weighted by molar-refractivity contribution is 5.14. The Hall–Kier alpha value is -0.0400. The van der Waals surface area contributed by atoms with E-state index in [1.165, 1.54) is 32.1 Å². The minimum atomic E-state index is 0.637. The molecule has 2 rings (SSSR count). The van der Waals surface area contributed by atoms with Crippen LogP contribution < -0.4 is 5.32 Å². The van der Waals surface area contributed by atoms with Gasteiger partial charge in [0, 0.05) is 11.6 Å². The molecule has 0 spiro atoms. The zero-order valence-electron chi connectivity index (χ0n) is 6.11. The number of rotatable bonds is 1. The van der Waals surface area contributed by atoms with Crippen molar-refractivity contribution in [1.29, 1.82) is 0 Å². The Morgan fingerprint density at radius 3 is 3.00 bits per heavy atom. The maximum atomic E-state index is 3.59. The van der Waals surface area contributed by atoms with Crippen molar-refractivity contribution < 1.29 is 0 Å². The van der Waals surface area contributed by atoms with Gasteiger partial charge in [0.15, 0.2) is 0 Å². The maximum absolute atomic E-state index is 3.59. The fourth-order valence-corrected chi connectivity index (χ4v) is 2.21. The second-order valence-electron chi connectivity index (χ2n) is 3.45. The number of hydrogen-bond acceptors (Lipinski definition) is 1. The van der Waals surface area contributed by atoms with Gasteiger partial charge in [0.25, 0.3) is 0 Å². The molecule has 1 saturated carbocycles. The van der Waals surface area contributed by atoms with Crippen molar-refractivity contribution in [2.75, 3.05) is 0 Å². The minimum absolute atomic E-state index is 0.637. The van der Waals surface area contributed by atoms with Crippen molar-refractivity contribution in [3.8, 4) is 0 Å². The summed E-state index contributed by atoms with van der Waals surface area (Å²) in [5.74, 6) is 0. The van der Waals surface area contributed by atoms with Crippen molar-refractivity contribution >= 4 is 0 Å². The number of hydrogen-bond donors (Lipinski definition) is 1. The van der Waals surface area contributed by atoms with E-state index in [0.717, 1.165) is 6.04 Å². The molecule has 1 N–H and O–H groups in total. The molecule has 0 aromatic rings. The Labute approximate surface area is 56.8 Å². The molecule has 0 bridgehead atoms. The predicted octanol–water partition coefficient (Wildman–Crippen LogP) is 1.68. The molecule has 1 aliphatic carbocycles. The molecule has 1 heterocycles. The van der Waals surface area contributed by atoms with Crippen LogP contribution in [-0.4, -0.2) is 11.6 Å². The molecule has 0 aromatic heterocycles. The summed E-state index contributed by atoms with van der Waals surface area (Å²) < 4.78 is 0. The van der Waals surface area contributed by atoms with Gasteiger partial charge in [-0.3, -0.25) is 0 Å². The molecule has 1 heteroatoms. The average molecular weight is 125 g/mol. The summed E-state index contributed by atoms with van der Waals surface area (Å²) >= 11 is 0. The van der Waals surface area contributed by atoms with Crippen LogP contribution in [0.5, 0.6) is 0 Å². The smallest absolute Gasteiger partial charge is 0.0335 e. The molecular formula is C8H15N. The SMILES string of the molecule is CCC12CCCCC1N2. The predicted molar refractivity (Wildman–Crippen MR) is 38.4 cm³/mol. The van der Waals surface area contributed by atoms with Crippen LogP contribution in [0.15, 0.2) is 0 Å². The summed E-state index contributed by atoms with van der Waals surface area (Å²) in [5.41, 5.74) is 0.637. The van der Waals surface area contributed by atoms with E-state index in [2.05, 4.69) is 12.2 Å². The Morgan fingerprint density at radius 2 is 2.44 bits per heavy atom. The third-order valence-corrected chi connectivity index (χ3v) is 3.04. The molecule has 2 unspecified atom stereocenters. The van der Waals surface area contributed by atoms with E-state index in [1.807, 2.05) is 0 Å². The van der Waals surface area contributed by atoms with E-state index in [9.17, 15) is 0 Å². The first-order valence-electron chi connectivity index (χ1n) is 4.15. The fraction of sp³-hybridized carbons (Fsp3) is 1.00. The van der Waals surface area contributed by atoms with Crippen molar-refractivity contribution in [2.45, 2.75) is 50.6 Å². The van der Waals surface area contributed by atoms with Crippen molar-refractivity contribution in [3.63, 3.8) is 0 Å². The summed E-state index contributed by atoms with van der Waals surface area (Å²) in [7, 11) is 0. The Balaban J connectivity index is 2.01. The molecule has 9 heavy (non-hydrogen) atoms. The summed E-state index contributed by atoms with van der Waals surface area (Å²) in [6, 6.07) is 0.913. The molecule has 0 radical (unpaired) electrons. The molecule has 1 nitrogen and oxygen atoms in total. The molecule has 52 valence electrons. The van der Waals surface area contributed by atoms with E-state index in [4.69, 9.17) is 0 Å². The largest absolute Gasteiger partial charge is 0.305 e. The summed E-state index contributed by atoms with van der Waals surface area (Å²) in [6.07, 6.45) is 7.14. The van der Waals surface area contributed by atoms with Crippen molar-refractivity contribution in [1.82, 2.24) is 5.32 Å². The lowest BCUT2D eigenvalue weighted by atomic mass is 9.87. The normalized spacial score (nSPS) is 48.3. The second-order valence-corrected chi connectivity index (χ2v) is 3.45. The zero-order valence-corrected chi connectivity index (χ0v) is 6.11. The molecule has 1 saturated heterocycles. The van der Waals surface area contributed by atoms with Crippen LogP contribution in [0.4, 0.5) is 0 Å². The van der Waals surface area contributed by atoms with Crippen LogP contribution >= 0.6 is 0 Å². The Morgan fingerprint density at radius 1 is 1.56 bits per heavy atom. The quantitative estimate of drug-likeness (QED) is 0.529. The summed E-state index contributed by atoms with van der Waals surface area (Å²) in [6.45, 7) is 2.30. The third kappa shape index (κ3) is 0.710. The summed E-state index contributed by atoms with van der Waals surface area (Å²) in [4.78, 5) is 0. The van der Waals surface area contributed by atoms with Gasteiger partial charge in [-0.2, -0.15) is 0 Å². The molecule has 2 atom stereocenters. The van der Waals surface area contributed by atoms with Gasteiger partial charge >= 0.3 is 0 Å². The number of fused-ring (bicyclic) bond motifs is 1. The lowest BCUT2D eigenvalue weighted by Gasteiger charge is -2.16. The standard InChI is InChI=1S/C8H15N/c1-2-8-6-4-3-5-7(8)9-8/h7,9H,2-6H2,1H3. The minimum Gasteiger partial charge on any atom is -0.305 e. The van der Waals surface area contributed by atoms with E-state index in [0.29, 0.717) is 5.54 Å². The highest BCUT2D eigenvalue weighted by atomic mass is 15.2. The van der Waals surface area contributed by atoms with Gasteiger partial charge < -0.3 is 5.32 Å².